The molecule has 18 heavy (non-hydrogen) atoms. The highest BCUT2D eigenvalue weighted by Crippen LogP contribution is 2.35. The molecule has 3 amide bonds. The Kier molecular flexibility index (Phi) is 3.61. The minimum Gasteiger partial charge on any atom is -0.393 e. The van der Waals surface area contributed by atoms with E-state index in [1.165, 1.54) is 11.9 Å². The molecule has 0 radical (unpaired) electrons. The van der Waals surface area contributed by atoms with Crippen LogP contribution in [0.4, 0.5) is 4.79 Å². The number of hydrogen-bond acceptors (Lipinski definition) is 3. The van der Waals surface area contributed by atoms with Gasteiger partial charge in [-0.25, -0.2) is 4.79 Å². The van der Waals surface area contributed by atoms with E-state index in [9.17, 15) is 14.7 Å². The molecule has 1 aliphatic carbocycles. The van der Waals surface area contributed by atoms with Gasteiger partial charge in [0.2, 0.25) is 5.91 Å². The predicted octanol–water partition coefficient (Wildman–Crippen LogP) is 1.07. The second-order valence-corrected chi connectivity index (χ2v) is 5.81. The quantitative estimate of drug-likeness (QED) is 0.750. The highest BCUT2D eigenvalue weighted by molar-refractivity contribution is 6.01. The van der Waals surface area contributed by atoms with E-state index in [0.29, 0.717) is 18.3 Å². The zero-order valence-electron chi connectivity index (χ0n) is 11.3. The van der Waals surface area contributed by atoms with Crippen LogP contribution < -0.4 is 0 Å². The molecule has 0 aromatic heterocycles. The smallest absolute Gasteiger partial charge is 0.327 e. The number of likely N-dealkylation sites (N-methyl/N-ethyl adjacent to an activating group) is 1. The summed E-state index contributed by atoms with van der Waals surface area (Å²) in [5.74, 6) is 0.676. The number of aliphatic hydroxyl groups is 1. The maximum Gasteiger partial charge on any atom is 0.327 e. The van der Waals surface area contributed by atoms with Gasteiger partial charge in [0.1, 0.15) is 6.54 Å². The maximum atomic E-state index is 12.0. The van der Waals surface area contributed by atoms with Gasteiger partial charge in [-0.1, -0.05) is 13.8 Å². The minimum atomic E-state index is -0.348. The zero-order chi connectivity index (χ0) is 13.4. The topological polar surface area (TPSA) is 60.9 Å². The number of rotatable bonds is 2. The van der Waals surface area contributed by atoms with Crippen LogP contribution >= 0.6 is 0 Å². The normalized spacial score (nSPS) is 33.7. The van der Waals surface area contributed by atoms with Crippen molar-refractivity contribution in [2.24, 2.45) is 11.8 Å². The molecule has 0 aromatic carbocycles. The molecule has 0 spiro atoms. The largest absolute Gasteiger partial charge is 0.393 e. The SMILES string of the molecule is CC(C)C1CCC(O)CC1N1CC(=O)N(C)C1=O. The molecule has 1 N–H and O–H groups in total. The Morgan fingerprint density at radius 1 is 1.28 bits per heavy atom. The maximum absolute atomic E-state index is 12.0. The Morgan fingerprint density at radius 2 is 1.94 bits per heavy atom. The van der Waals surface area contributed by atoms with Gasteiger partial charge in [0.25, 0.3) is 0 Å². The van der Waals surface area contributed by atoms with E-state index in [0.717, 1.165) is 12.8 Å². The van der Waals surface area contributed by atoms with Crippen molar-refractivity contribution in [2.75, 3.05) is 13.6 Å². The zero-order valence-corrected chi connectivity index (χ0v) is 11.3. The van der Waals surface area contributed by atoms with Crippen LogP contribution in [0.2, 0.25) is 0 Å². The van der Waals surface area contributed by atoms with E-state index in [-0.39, 0.29) is 30.6 Å². The molecular formula is C13H22N2O3. The lowest BCUT2D eigenvalue weighted by Gasteiger charge is -2.41. The van der Waals surface area contributed by atoms with Crippen LogP contribution in [0.5, 0.6) is 0 Å². The fourth-order valence-corrected chi connectivity index (χ4v) is 3.16. The summed E-state index contributed by atoms with van der Waals surface area (Å²) in [5.41, 5.74) is 0. The Hall–Kier alpha value is -1.10. The fraction of sp³-hybridized carbons (Fsp3) is 0.846. The first-order valence-electron chi connectivity index (χ1n) is 6.67. The molecule has 1 saturated carbocycles. The van der Waals surface area contributed by atoms with Gasteiger partial charge in [0.15, 0.2) is 0 Å². The lowest BCUT2D eigenvalue weighted by molar-refractivity contribution is -0.124. The standard InChI is InChI=1S/C13H22N2O3/c1-8(2)10-5-4-9(16)6-11(10)15-7-12(17)14(3)13(15)18/h8-11,16H,4-7H2,1-3H3. The number of urea groups is 1. The lowest BCUT2D eigenvalue weighted by atomic mass is 9.76. The van der Waals surface area contributed by atoms with Crippen molar-refractivity contribution in [1.29, 1.82) is 0 Å². The number of hydrogen-bond donors (Lipinski definition) is 1. The summed E-state index contributed by atoms with van der Waals surface area (Å²) < 4.78 is 0. The van der Waals surface area contributed by atoms with Crippen LogP contribution in [0.3, 0.4) is 0 Å². The van der Waals surface area contributed by atoms with Crippen LogP contribution in [0.25, 0.3) is 0 Å². The van der Waals surface area contributed by atoms with E-state index < -0.39 is 0 Å². The molecule has 1 saturated heterocycles. The number of nitrogens with zero attached hydrogens (tertiary/aromatic N) is 2. The van der Waals surface area contributed by atoms with Crippen LogP contribution in [0.15, 0.2) is 0 Å². The summed E-state index contributed by atoms with van der Waals surface area (Å²) in [4.78, 5) is 26.5. The Morgan fingerprint density at radius 3 is 2.44 bits per heavy atom. The van der Waals surface area contributed by atoms with Crippen molar-refractivity contribution in [3.63, 3.8) is 0 Å². The van der Waals surface area contributed by atoms with Gasteiger partial charge in [-0.3, -0.25) is 9.69 Å². The van der Waals surface area contributed by atoms with Crippen molar-refractivity contribution in [1.82, 2.24) is 9.80 Å². The molecular weight excluding hydrogens is 232 g/mol. The number of carbonyl (C=O) groups is 2. The molecule has 1 aliphatic heterocycles. The highest BCUT2D eigenvalue weighted by atomic mass is 16.3. The van der Waals surface area contributed by atoms with Gasteiger partial charge in [-0.2, -0.15) is 0 Å². The average molecular weight is 254 g/mol. The summed E-state index contributed by atoms with van der Waals surface area (Å²) in [6.07, 6.45) is 1.96. The molecule has 2 aliphatic rings. The summed E-state index contributed by atoms with van der Waals surface area (Å²) in [6.45, 7) is 4.44. The van der Waals surface area contributed by atoms with Crippen molar-refractivity contribution in [3.05, 3.63) is 0 Å². The molecule has 0 bridgehead atoms. The third kappa shape index (κ3) is 2.23. The number of amides is 3. The van der Waals surface area contributed by atoms with E-state index in [1.54, 1.807) is 4.90 Å². The molecule has 2 rings (SSSR count). The predicted molar refractivity (Wildman–Crippen MR) is 66.8 cm³/mol. The number of aliphatic hydroxyl groups excluding tert-OH is 1. The number of carbonyl (C=O) groups excluding carboxylic acids is 2. The highest BCUT2D eigenvalue weighted by Gasteiger charge is 2.43. The molecule has 5 nitrogen and oxygen atoms in total. The van der Waals surface area contributed by atoms with Gasteiger partial charge in [0, 0.05) is 13.1 Å². The summed E-state index contributed by atoms with van der Waals surface area (Å²) in [6, 6.07) is -0.222. The van der Waals surface area contributed by atoms with Crippen molar-refractivity contribution >= 4 is 11.9 Å². The van der Waals surface area contributed by atoms with Gasteiger partial charge < -0.3 is 10.0 Å². The second-order valence-electron chi connectivity index (χ2n) is 5.81. The van der Waals surface area contributed by atoms with Crippen LogP contribution in [-0.4, -0.2) is 52.6 Å². The van der Waals surface area contributed by atoms with E-state index >= 15 is 0 Å². The van der Waals surface area contributed by atoms with Gasteiger partial charge >= 0.3 is 6.03 Å². The van der Waals surface area contributed by atoms with E-state index in [4.69, 9.17) is 0 Å². The first-order chi connectivity index (χ1) is 8.41. The molecule has 2 fully saturated rings. The Labute approximate surface area is 108 Å². The van der Waals surface area contributed by atoms with Crippen LogP contribution in [0, 0.1) is 11.8 Å². The monoisotopic (exact) mass is 254 g/mol. The Bertz CT molecular complexity index is 356. The molecule has 3 unspecified atom stereocenters. The van der Waals surface area contributed by atoms with Gasteiger partial charge in [0.05, 0.1) is 6.10 Å². The first-order valence-corrected chi connectivity index (χ1v) is 6.67. The minimum absolute atomic E-state index is 0.00449. The van der Waals surface area contributed by atoms with Crippen LogP contribution in [-0.2, 0) is 4.79 Å². The molecule has 0 aromatic rings. The molecule has 5 heteroatoms. The fourth-order valence-electron chi connectivity index (χ4n) is 3.16. The molecule has 1 heterocycles. The van der Waals surface area contributed by atoms with Crippen molar-refractivity contribution < 1.29 is 14.7 Å². The van der Waals surface area contributed by atoms with Gasteiger partial charge in [-0.15, -0.1) is 0 Å². The summed E-state index contributed by atoms with van der Waals surface area (Å²) >= 11 is 0. The number of imide groups is 1. The third-order valence-corrected chi connectivity index (χ3v) is 4.31. The average Bonchev–Trinajstić information content (AvgIpc) is 2.56. The van der Waals surface area contributed by atoms with E-state index in [1.807, 2.05) is 0 Å². The van der Waals surface area contributed by atoms with Crippen molar-refractivity contribution in [2.45, 2.75) is 45.3 Å². The van der Waals surface area contributed by atoms with Crippen molar-refractivity contribution in [3.8, 4) is 0 Å². The summed E-state index contributed by atoms with van der Waals surface area (Å²) in [5, 5.41) is 9.82. The van der Waals surface area contributed by atoms with Gasteiger partial charge in [-0.05, 0) is 31.1 Å². The lowest BCUT2D eigenvalue weighted by Crippen LogP contribution is -2.48. The summed E-state index contributed by atoms with van der Waals surface area (Å²) in [7, 11) is 1.52. The first kappa shape index (κ1) is 13.3. The molecule has 3 atom stereocenters. The Balaban J connectivity index is 2.18. The van der Waals surface area contributed by atoms with Crippen LogP contribution in [0.1, 0.15) is 33.1 Å². The second kappa shape index (κ2) is 4.88. The van der Waals surface area contributed by atoms with E-state index in [2.05, 4.69) is 13.8 Å². The molecule has 102 valence electrons. The third-order valence-electron chi connectivity index (χ3n) is 4.31.